The van der Waals surface area contributed by atoms with Gasteiger partial charge in [0.25, 0.3) is 5.54 Å². The van der Waals surface area contributed by atoms with E-state index in [0.29, 0.717) is 13.0 Å². The van der Waals surface area contributed by atoms with Crippen LogP contribution in [0, 0.1) is 11.1 Å². The highest BCUT2D eigenvalue weighted by Gasteiger charge is 2.48. The lowest BCUT2D eigenvalue weighted by atomic mass is 9.95. The van der Waals surface area contributed by atoms with E-state index in [9.17, 15) is 10.0 Å². The van der Waals surface area contributed by atoms with Gasteiger partial charge in [0.1, 0.15) is 0 Å². The van der Waals surface area contributed by atoms with Crippen molar-refractivity contribution in [2.24, 2.45) is 5.92 Å². The van der Waals surface area contributed by atoms with Crippen LogP contribution in [0.2, 0.25) is 0 Å². The zero-order valence-electron chi connectivity index (χ0n) is 8.24. The van der Waals surface area contributed by atoms with Gasteiger partial charge in [0.2, 0.25) is 0 Å². The van der Waals surface area contributed by atoms with Crippen molar-refractivity contribution >= 4 is 12.2 Å². The maximum absolute atomic E-state index is 11.4. The second-order valence-electron chi connectivity index (χ2n) is 3.65. The summed E-state index contributed by atoms with van der Waals surface area (Å²) in [5.41, 5.74) is -1.00. The van der Waals surface area contributed by atoms with Crippen LogP contribution in [0.4, 0.5) is 0 Å². The monoisotopic (exact) mass is 185 g/mol. The van der Waals surface area contributed by atoms with Crippen molar-refractivity contribution in [1.82, 2.24) is 0 Å². The first-order chi connectivity index (χ1) is 6.00. The van der Waals surface area contributed by atoms with E-state index in [4.69, 9.17) is 4.74 Å². The van der Waals surface area contributed by atoms with Crippen molar-refractivity contribution in [1.29, 1.82) is 0 Å². The zero-order valence-corrected chi connectivity index (χ0v) is 8.24. The third kappa shape index (κ3) is 1.66. The number of rotatable bonds is 2. The average molecular weight is 185 g/mol. The highest BCUT2D eigenvalue weighted by Crippen LogP contribution is 2.26. The Balaban J connectivity index is 2.78. The molecule has 0 N–H and O–H groups in total. The number of hydrogen-bond acceptors (Lipinski definition) is 3. The maximum atomic E-state index is 11.4. The molecule has 0 unspecified atom stereocenters. The van der Waals surface area contributed by atoms with Gasteiger partial charge >= 0.3 is 5.97 Å². The van der Waals surface area contributed by atoms with Crippen LogP contribution < -0.4 is 0 Å². The molecule has 4 nitrogen and oxygen atoms in total. The van der Waals surface area contributed by atoms with Gasteiger partial charge in [-0.05, 0) is 6.92 Å². The predicted octanol–water partition coefficient (Wildman–Crippen LogP) is 0.929. The molecular formula is C9H15NO3. The second kappa shape index (κ2) is 3.36. The molecule has 0 saturated carbocycles. The number of nitrogens with zero attached hydrogens (tertiary/aromatic N) is 1. The topological polar surface area (TPSA) is 52.4 Å². The van der Waals surface area contributed by atoms with Gasteiger partial charge in [-0.2, -0.15) is 4.74 Å². The lowest BCUT2D eigenvalue weighted by Crippen LogP contribution is -2.42. The van der Waals surface area contributed by atoms with E-state index in [1.54, 1.807) is 13.8 Å². The van der Waals surface area contributed by atoms with Gasteiger partial charge in [0.15, 0.2) is 6.21 Å². The number of ether oxygens (including phenoxy) is 1. The molecule has 1 aliphatic heterocycles. The van der Waals surface area contributed by atoms with Crippen molar-refractivity contribution in [2.75, 3.05) is 6.61 Å². The fraction of sp³-hybridized carbons (Fsp3) is 0.778. The molecule has 74 valence electrons. The molecule has 0 spiro atoms. The van der Waals surface area contributed by atoms with Crippen molar-refractivity contribution in [3.05, 3.63) is 5.21 Å². The molecule has 4 heteroatoms. The minimum atomic E-state index is -1.00. The Kier molecular flexibility index (Phi) is 2.59. The van der Waals surface area contributed by atoms with Crippen LogP contribution in [0.25, 0.3) is 0 Å². The van der Waals surface area contributed by atoms with E-state index in [2.05, 4.69) is 0 Å². The molecule has 0 amide bonds. The van der Waals surface area contributed by atoms with E-state index in [1.807, 2.05) is 6.92 Å². The van der Waals surface area contributed by atoms with Gasteiger partial charge < -0.3 is 9.94 Å². The molecule has 0 bridgehead atoms. The lowest BCUT2D eigenvalue weighted by molar-refractivity contribution is -0.518. The number of carbonyl (C=O) groups is 1. The molecule has 1 rings (SSSR count). The first-order valence-electron chi connectivity index (χ1n) is 4.49. The van der Waals surface area contributed by atoms with E-state index >= 15 is 0 Å². The Morgan fingerprint density at radius 1 is 1.85 bits per heavy atom. The number of hydroxylamine groups is 1. The van der Waals surface area contributed by atoms with Crippen molar-refractivity contribution < 1.29 is 14.3 Å². The summed E-state index contributed by atoms with van der Waals surface area (Å²) in [5, 5.41) is 11.4. The minimum Gasteiger partial charge on any atom is -0.623 e. The van der Waals surface area contributed by atoms with Crippen LogP contribution in [0.5, 0.6) is 0 Å². The molecule has 0 radical (unpaired) electrons. The van der Waals surface area contributed by atoms with Crippen LogP contribution in [-0.4, -0.2) is 29.1 Å². The van der Waals surface area contributed by atoms with Crippen molar-refractivity contribution in [3.8, 4) is 0 Å². The zero-order chi connectivity index (χ0) is 10.1. The Labute approximate surface area is 77.8 Å². The molecule has 2 atom stereocenters. The van der Waals surface area contributed by atoms with Crippen LogP contribution in [0.15, 0.2) is 0 Å². The highest BCUT2D eigenvalue weighted by molar-refractivity contribution is 5.81. The number of carbonyl (C=O) groups excluding carboxylic acids is 1. The maximum Gasteiger partial charge on any atom is 0.379 e. The van der Waals surface area contributed by atoms with E-state index in [0.717, 1.165) is 4.74 Å². The Morgan fingerprint density at radius 2 is 2.46 bits per heavy atom. The van der Waals surface area contributed by atoms with Gasteiger partial charge in [0.05, 0.1) is 6.61 Å². The van der Waals surface area contributed by atoms with Crippen LogP contribution in [0.1, 0.15) is 27.2 Å². The van der Waals surface area contributed by atoms with Gasteiger partial charge in [-0.1, -0.05) is 6.92 Å². The molecule has 0 aromatic rings. The van der Waals surface area contributed by atoms with Crippen molar-refractivity contribution in [2.45, 2.75) is 32.7 Å². The molecule has 0 aromatic heterocycles. The van der Waals surface area contributed by atoms with E-state index in [-0.39, 0.29) is 5.92 Å². The smallest absolute Gasteiger partial charge is 0.379 e. The van der Waals surface area contributed by atoms with Crippen molar-refractivity contribution in [3.63, 3.8) is 0 Å². The summed E-state index contributed by atoms with van der Waals surface area (Å²) in [6.07, 6.45) is 2.06. The quantitative estimate of drug-likeness (QED) is 0.365. The van der Waals surface area contributed by atoms with Gasteiger partial charge in [-0.3, -0.25) is 0 Å². The first-order valence-corrected chi connectivity index (χ1v) is 4.49. The fourth-order valence-electron chi connectivity index (χ4n) is 1.63. The minimum absolute atomic E-state index is 0.145. The Bertz CT molecular complexity index is 249. The molecule has 0 fully saturated rings. The average Bonchev–Trinajstić information content (AvgIpc) is 2.28. The van der Waals surface area contributed by atoms with E-state index < -0.39 is 11.5 Å². The number of hydrogen-bond donors (Lipinski definition) is 0. The van der Waals surface area contributed by atoms with Crippen LogP contribution in [0.3, 0.4) is 0 Å². The Morgan fingerprint density at radius 3 is 2.85 bits per heavy atom. The summed E-state index contributed by atoms with van der Waals surface area (Å²) in [7, 11) is 0. The summed E-state index contributed by atoms with van der Waals surface area (Å²) in [6.45, 7) is 5.59. The molecule has 0 saturated heterocycles. The van der Waals surface area contributed by atoms with Gasteiger partial charge in [-0.25, -0.2) is 4.79 Å². The Hall–Kier alpha value is -1.06. The molecule has 0 aliphatic carbocycles. The standard InChI is InChI=1S/C9H15NO3/c1-4-13-8(11)9(3)5-7(2)6-10(9)12/h6-7H,4-5H2,1-3H3/t7-,9-/m0/s1. The third-order valence-electron chi connectivity index (χ3n) is 2.31. The largest absolute Gasteiger partial charge is 0.623 e. The molecule has 1 heterocycles. The normalized spacial score (nSPS) is 32.8. The number of esters is 1. The lowest BCUT2D eigenvalue weighted by Gasteiger charge is -2.20. The first kappa shape index (κ1) is 10.0. The van der Waals surface area contributed by atoms with Gasteiger partial charge in [-0.15, -0.1) is 0 Å². The predicted molar refractivity (Wildman–Crippen MR) is 48.5 cm³/mol. The molecular weight excluding hydrogens is 170 g/mol. The highest BCUT2D eigenvalue weighted by atomic mass is 16.5. The summed E-state index contributed by atoms with van der Waals surface area (Å²) in [4.78, 5) is 11.4. The second-order valence-corrected chi connectivity index (χ2v) is 3.65. The SMILES string of the molecule is CCOC(=O)[C@]1(C)C[C@H](C)C=[N+]1[O-]. The summed E-state index contributed by atoms with van der Waals surface area (Å²) in [6, 6.07) is 0. The van der Waals surface area contributed by atoms with Gasteiger partial charge in [0, 0.05) is 19.3 Å². The molecule has 13 heavy (non-hydrogen) atoms. The van der Waals surface area contributed by atoms with Crippen LogP contribution in [-0.2, 0) is 9.53 Å². The summed E-state index contributed by atoms with van der Waals surface area (Å²) >= 11 is 0. The molecule has 0 aromatic carbocycles. The fourth-order valence-corrected chi connectivity index (χ4v) is 1.63. The summed E-state index contributed by atoms with van der Waals surface area (Å²) < 4.78 is 5.56. The molecule has 1 aliphatic rings. The summed E-state index contributed by atoms with van der Waals surface area (Å²) in [5.74, 6) is -0.280. The third-order valence-corrected chi connectivity index (χ3v) is 2.31. The van der Waals surface area contributed by atoms with E-state index in [1.165, 1.54) is 6.21 Å². The van der Waals surface area contributed by atoms with Crippen LogP contribution >= 0.6 is 0 Å².